The predicted molar refractivity (Wildman–Crippen MR) is 288 cm³/mol. The van der Waals surface area contributed by atoms with Gasteiger partial charge >= 0.3 is 30.4 Å². The molecular weight excluding hydrogens is 1050 g/mol. The van der Waals surface area contributed by atoms with Crippen molar-refractivity contribution in [1.82, 2.24) is 39.0 Å². The molecule has 0 amide bonds. The zero-order valence-electron chi connectivity index (χ0n) is 42.1. The maximum atomic E-state index is 12.4. The number of hydrogen-bond donors (Lipinski definition) is 8. The van der Waals surface area contributed by atoms with Crippen molar-refractivity contribution in [2.24, 2.45) is 0 Å². The Bertz CT molecular complexity index is 3650. The van der Waals surface area contributed by atoms with E-state index in [1.165, 1.54) is 6.33 Å². The summed E-state index contributed by atoms with van der Waals surface area (Å²) in [5, 5.41) is 0. The van der Waals surface area contributed by atoms with Crippen LogP contribution in [0.4, 0.5) is 0 Å². The van der Waals surface area contributed by atoms with Gasteiger partial charge in [-0.05, 0) is 163 Å². The first-order valence-corrected chi connectivity index (χ1v) is 30.9. The van der Waals surface area contributed by atoms with Crippen LogP contribution in [0, 0.1) is 41.5 Å². The van der Waals surface area contributed by atoms with Crippen LogP contribution in [0.2, 0.25) is 0 Å². The van der Waals surface area contributed by atoms with E-state index in [0.29, 0.717) is 124 Å². The normalized spacial score (nSPS) is 12.6. The van der Waals surface area contributed by atoms with Crippen LogP contribution in [0.15, 0.2) is 97.3 Å². The molecular formula is C52H54N8O12P4. The molecule has 9 rings (SSSR count). The smallest absolute Gasteiger partial charge is 0.324 e. The van der Waals surface area contributed by atoms with Crippen LogP contribution in [0.1, 0.15) is 66.8 Å². The second-order valence-electron chi connectivity index (χ2n) is 19.0. The highest BCUT2D eigenvalue weighted by molar-refractivity contribution is 7.51. The SMILES string of the molecule is Cc1c(Cn2c(-c3cccc(-c4cc(-c5cccc(-c6nc7ccccc7n6Cc6c(C)c(CP(=O)(O)O)c(C)c(CP(=O)(O)O)c6C)n5)ncn4)n3)nc3ccccc32)c(C)c(CP(=O)(O)O)c(C)c1CP(=O)(O)O. The van der Waals surface area contributed by atoms with Crippen LogP contribution in [-0.2, 0) is 56.0 Å². The van der Waals surface area contributed by atoms with Gasteiger partial charge in [-0.25, -0.2) is 29.9 Å². The molecule has 0 aliphatic heterocycles. The highest BCUT2D eigenvalue weighted by Crippen LogP contribution is 2.49. The highest BCUT2D eigenvalue weighted by atomic mass is 31.2. The van der Waals surface area contributed by atoms with Gasteiger partial charge in [0.15, 0.2) is 11.6 Å². The van der Waals surface area contributed by atoms with Crippen molar-refractivity contribution in [3.05, 3.63) is 164 Å². The second-order valence-corrected chi connectivity index (χ2v) is 25.6. The Kier molecular flexibility index (Phi) is 14.8. The molecule has 0 fully saturated rings. The average Bonchev–Trinajstić information content (AvgIpc) is 3.95. The molecule has 0 saturated heterocycles. The number of imidazole rings is 2. The number of aromatic nitrogens is 8. The van der Waals surface area contributed by atoms with Gasteiger partial charge in [0.05, 0.1) is 82.6 Å². The first-order chi connectivity index (χ1) is 35.6. The zero-order valence-corrected chi connectivity index (χ0v) is 45.6. The fourth-order valence-electron chi connectivity index (χ4n) is 10.2. The number of para-hydroxylation sites is 4. The molecule has 0 radical (unpaired) electrons. The third kappa shape index (κ3) is 11.6. The van der Waals surface area contributed by atoms with Crippen LogP contribution in [0.3, 0.4) is 0 Å². The minimum absolute atomic E-state index is 0.120. The van der Waals surface area contributed by atoms with Gasteiger partial charge in [0.25, 0.3) is 0 Å². The summed E-state index contributed by atoms with van der Waals surface area (Å²) in [5.74, 6) is 0.906. The van der Waals surface area contributed by atoms with E-state index in [4.69, 9.17) is 19.9 Å². The monoisotopic (exact) mass is 1110 g/mol. The van der Waals surface area contributed by atoms with Crippen LogP contribution in [-0.4, -0.2) is 78.2 Å². The van der Waals surface area contributed by atoms with Gasteiger partial charge in [0, 0.05) is 0 Å². The molecule has 0 aliphatic rings. The summed E-state index contributed by atoms with van der Waals surface area (Å²) in [6.07, 6.45) is -1.04. The van der Waals surface area contributed by atoms with Crippen molar-refractivity contribution >= 4 is 52.4 Å². The number of benzene rings is 4. The van der Waals surface area contributed by atoms with E-state index in [0.717, 1.165) is 11.0 Å². The van der Waals surface area contributed by atoms with Gasteiger partial charge in [-0.15, -0.1) is 0 Å². The fraction of sp³-hybridized carbons (Fsp3) is 0.231. The van der Waals surface area contributed by atoms with Gasteiger partial charge in [-0.2, -0.15) is 0 Å². The molecule has 0 saturated carbocycles. The van der Waals surface area contributed by atoms with E-state index in [2.05, 4.69) is 9.97 Å². The Balaban J connectivity index is 1.10. The topological polar surface area (TPSA) is 317 Å². The largest absolute Gasteiger partial charge is 0.329 e. The van der Waals surface area contributed by atoms with Gasteiger partial charge in [-0.1, -0.05) is 36.4 Å². The predicted octanol–water partition coefficient (Wildman–Crippen LogP) is 9.29. The second kappa shape index (κ2) is 20.6. The number of pyridine rings is 2. The third-order valence-corrected chi connectivity index (χ3v) is 16.9. The molecule has 0 aliphatic carbocycles. The van der Waals surface area contributed by atoms with Gasteiger partial charge in [0.2, 0.25) is 0 Å². The van der Waals surface area contributed by atoms with Crippen molar-refractivity contribution < 1.29 is 57.4 Å². The lowest BCUT2D eigenvalue weighted by atomic mass is 9.89. The van der Waals surface area contributed by atoms with Crippen molar-refractivity contribution in [2.45, 2.75) is 79.3 Å². The Morgan fingerprint density at radius 3 is 1.00 bits per heavy atom. The van der Waals surface area contributed by atoms with E-state index in [1.54, 1.807) is 71.9 Å². The quantitative estimate of drug-likeness (QED) is 0.0418. The molecule has 20 nitrogen and oxygen atoms in total. The lowest BCUT2D eigenvalue weighted by Crippen LogP contribution is -2.12. The summed E-state index contributed by atoms with van der Waals surface area (Å²) in [4.78, 5) is 110. The first kappa shape index (κ1) is 54.6. The van der Waals surface area contributed by atoms with E-state index in [1.807, 2.05) is 69.8 Å². The maximum Gasteiger partial charge on any atom is 0.329 e. The number of nitrogens with zero attached hydrogens (tertiary/aromatic N) is 8. The minimum atomic E-state index is -4.61. The van der Waals surface area contributed by atoms with Crippen molar-refractivity contribution in [1.29, 1.82) is 0 Å². The summed E-state index contributed by atoms with van der Waals surface area (Å²) in [6, 6.07) is 27.4. The van der Waals surface area contributed by atoms with Crippen molar-refractivity contribution in [3.63, 3.8) is 0 Å². The lowest BCUT2D eigenvalue weighted by Gasteiger charge is -2.24. The van der Waals surface area contributed by atoms with Gasteiger partial charge < -0.3 is 48.3 Å². The van der Waals surface area contributed by atoms with Gasteiger partial charge in [-0.3, -0.25) is 18.3 Å². The highest BCUT2D eigenvalue weighted by Gasteiger charge is 2.30. The molecule has 4 aromatic carbocycles. The van der Waals surface area contributed by atoms with E-state index < -0.39 is 55.0 Å². The Morgan fingerprint density at radius 2 is 0.671 bits per heavy atom. The molecule has 0 unspecified atom stereocenters. The first-order valence-electron chi connectivity index (χ1n) is 23.7. The maximum absolute atomic E-state index is 12.4. The molecule has 0 bridgehead atoms. The van der Waals surface area contributed by atoms with Crippen LogP contribution in [0.5, 0.6) is 0 Å². The Labute approximate surface area is 436 Å². The summed E-state index contributed by atoms with van der Waals surface area (Å²) < 4.78 is 53.5. The summed E-state index contributed by atoms with van der Waals surface area (Å²) in [6.45, 7) is 10.5. The summed E-state index contributed by atoms with van der Waals surface area (Å²) in [7, 11) is -18.4. The lowest BCUT2D eigenvalue weighted by molar-refractivity contribution is 0.368. The number of fused-ring (bicyclic) bond motifs is 2. The third-order valence-electron chi connectivity index (χ3n) is 14.0. The molecule has 0 atom stereocenters. The standard InChI is InChI=1S/C52H54N8O12P4/c1-29-35(30(2)38(25-74(64,65)66)33(5)37(29)24-73(61,62)63)22-59-49-19-9-7-13-43(49)57-51(59)45-17-11-15-41(55-45)47-21-48(54-28-53-47)42-16-12-18-46(56-42)52-58-44-14-8-10-20-50(44)60(52)23-36-31(3)39(26-75(67,68)69)34(6)40(32(36)4)27-76(70,71)72/h7-21,28H,22-27H2,1-6H3,(H2,61,62,63)(H2,64,65,66)(H2,67,68,69)(H2,70,71,72). The molecule has 5 aromatic heterocycles. The average molecular weight is 1110 g/mol. The molecule has 8 N–H and O–H groups in total. The van der Waals surface area contributed by atoms with E-state index >= 15 is 0 Å². The summed E-state index contributed by atoms with van der Waals surface area (Å²) >= 11 is 0. The molecule has 394 valence electrons. The van der Waals surface area contributed by atoms with Gasteiger partial charge in [0.1, 0.15) is 17.7 Å². The van der Waals surface area contributed by atoms with Crippen molar-refractivity contribution in [2.75, 3.05) is 0 Å². The van der Waals surface area contributed by atoms with Crippen LogP contribution >= 0.6 is 30.4 Å². The Hall–Kier alpha value is -6.20. The molecule has 5 heterocycles. The van der Waals surface area contributed by atoms with E-state index in [9.17, 15) is 57.4 Å². The van der Waals surface area contributed by atoms with Crippen LogP contribution in [0.25, 0.3) is 67.9 Å². The van der Waals surface area contributed by atoms with E-state index in [-0.39, 0.29) is 13.1 Å². The Morgan fingerprint density at radius 1 is 0.368 bits per heavy atom. The van der Waals surface area contributed by atoms with Crippen molar-refractivity contribution in [3.8, 4) is 45.8 Å². The minimum Gasteiger partial charge on any atom is -0.324 e. The number of hydrogen-bond acceptors (Lipinski definition) is 10. The molecule has 76 heavy (non-hydrogen) atoms. The molecule has 0 spiro atoms. The molecule has 9 aromatic rings. The van der Waals surface area contributed by atoms with Crippen LogP contribution < -0.4 is 0 Å². The zero-order chi connectivity index (χ0) is 54.8. The number of rotatable bonds is 16. The molecule has 24 heteroatoms. The summed E-state index contributed by atoms with van der Waals surface area (Å²) in [5.41, 5.74) is 11.2. The fourth-order valence-corrected chi connectivity index (χ4v) is 13.8.